The van der Waals surface area contributed by atoms with Crippen molar-refractivity contribution < 1.29 is 9.53 Å². The number of nitrogens with one attached hydrogen (secondary N) is 1. The summed E-state index contributed by atoms with van der Waals surface area (Å²) in [6.45, 7) is 1.95. The number of aromatic amines is 1. The Morgan fingerprint density at radius 2 is 2.03 bits per heavy atom. The Morgan fingerprint density at radius 1 is 1.17 bits per heavy atom. The SMILES string of the molecule is Cc1cccc(-c2[nH]cnc2-c2ccc3nccc(C(=O)O[C@H]4C[C@@H](N)C4)c3c2)n1. The van der Waals surface area contributed by atoms with Crippen LogP contribution in [-0.4, -0.2) is 38.1 Å². The van der Waals surface area contributed by atoms with Crippen LogP contribution in [0.15, 0.2) is 55.0 Å². The lowest BCUT2D eigenvalue weighted by molar-refractivity contribution is 0.00343. The molecular weight excluding hydrogens is 378 g/mol. The van der Waals surface area contributed by atoms with Crippen molar-refractivity contribution in [2.45, 2.75) is 31.9 Å². The number of carbonyl (C=O) groups excluding carboxylic acids is 1. The van der Waals surface area contributed by atoms with Crippen LogP contribution in [0.5, 0.6) is 0 Å². The lowest BCUT2D eigenvalue weighted by atomic mass is 9.90. The summed E-state index contributed by atoms with van der Waals surface area (Å²) in [4.78, 5) is 29.5. The zero-order valence-corrected chi connectivity index (χ0v) is 16.5. The van der Waals surface area contributed by atoms with Crippen LogP contribution in [0.1, 0.15) is 28.9 Å². The zero-order chi connectivity index (χ0) is 20.7. The lowest BCUT2D eigenvalue weighted by Crippen LogP contribution is -2.42. The van der Waals surface area contributed by atoms with E-state index in [4.69, 9.17) is 10.5 Å². The van der Waals surface area contributed by atoms with Crippen LogP contribution in [0.4, 0.5) is 0 Å². The first-order chi connectivity index (χ1) is 14.6. The molecule has 1 aliphatic rings. The second-order valence-corrected chi connectivity index (χ2v) is 7.64. The second kappa shape index (κ2) is 7.35. The number of rotatable bonds is 4. The van der Waals surface area contributed by atoms with E-state index in [9.17, 15) is 4.79 Å². The molecule has 3 aromatic heterocycles. The smallest absolute Gasteiger partial charge is 0.339 e. The van der Waals surface area contributed by atoms with Crippen LogP contribution in [0, 0.1) is 6.92 Å². The van der Waals surface area contributed by atoms with Crippen molar-refractivity contribution in [2.75, 3.05) is 0 Å². The molecule has 0 amide bonds. The van der Waals surface area contributed by atoms with Gasteiger partial charge in [0, 0.05) is 28.9 Å². The Hall–Kier alpha value is -3.58. The predicted molar refractivity (Wildman–Crippen MR) is 114 cm³/mol. The molecule has 0 atom stereocenters. The van der Waals surface area contributed by atoms with Gasteiger partial charge in [-0.3, -0.25) is 9.97 Å². The Kier molecular flexibility index (Phi) is 4.52. The number of imidazole rings is 1. The molecule has 1 aliphatic carbocycles. The third kappa shape index (κ3) is 3.33. The van der Waals surface area contributed by atoms with E-state index in [0.29, 0.717) is 18.4 Å². The number of ether oxygens (including phenoxy) is 1. The zero-order valence-electron chi connectivity index (χ0n) is 16.5. The number of benzene rings is 1. The van der Waals surface area contributed by atoms with Gasteiger partial charge < -0.3 is 15.5 Å². The van der Waals surface area contributed by atoms with E-state index in [0.717, 1.165) is 39.2 Å². The molecule has 0 radical (unpaired) electrons. The number of aryl methyl sites for hydroxylation is 1. The molecule has 3 N–H and O–H groups in total. The molecule has 1 aromatic carbocycles. The maximum Gasteiger partial charge on any atom is 0.339 e. The fraction of sp³-hybridized carbons (Fsp3) is 0.217. The predicted octanol–water partition coefficient (Wildman–Crippen LogP) is 3.64. The van der Waals surface area contributed by atoms with Crippen LogP contribution >= 0.6 is 0 Å². The summed E-state index contributed by atoms with van der Waals surface area (Å²) in [5.41, 5.74) is 11.2. The molecule has 1 saturated carbocycles. The molecule has 0 spiro atoms. The number of fused-ring (bicyclic) bond motifs is 1. The Morgan fingerprint density at radius 3 is 2.83 bits per heavy atom. The normalized spacial score (nSPS) is 18.2. The highest BCUT2D eigenvalue weighted by Gasteiger charge is 2.30. The van der Waals surface area contributed by atoms with Gasteiger partial charge in [-0.1, -0.05) is 12.1 Å². The largest absolute Gasteiger partial charge is 0.459 e. The Bertz CT molecular complexity index is 1240. The van der Waals surface area contributed by atoms with Crippen LogP contribution in [-0.2, 0) is 4.74 Å². The highest BCUT2D eigenvalue weighted by atomic mass is 16.5. The molecule has 150 valence electrons. The van der Waals surface area contributed by atoms with E-state index >= 15 is 0 Å². The average Bonchev–Trinajstić information content (AvgIpc) is 3.21. The van der Waals surface area contributed by atoms with Crippen molar-refractivity contribution in [2.24, 2.45) is 5.73 Å². The maximum absolute atomic E-state index is 12.8. The lowest BCUT2D eigenvalue weighted by Gasteiger charge is -2.31. The van der Waals surface area contributed by atoms with Crippen molar-refractivity contribution in [3.63, 3.8) is 0 Å². The number of aromatic nitrogens is 4. The minimum Gasteiger partial charge on any atom is -0.459 e. The number of carbonyl (C=O) groups is 1. The van der Waals surface area contributed by atoms with Crippen molar-refractivity contribution in [3.8, 4) is 22.6 Å². The van der Waals surface area contributed by atoms with E-state index in [1.54, 1.807) is 18.6 Å². The fourth-order valence-corrected chi connectivity index (χ4v) is 3.78. The highest BCUT2D eigenvalue weighted by Crippen LogP contribution is 2.31. The summed E-state index contributed by atoms with van der Waals surface area (Å²) >= 11 is 0. The van der Waals surface area contributed by atoms with E-state index in [2.05, 4.69) is 19.9 Å². The third-order valence-corrected chi connectivity index (χ3v) is 5.42. The molecule has 4 aromatic rings. The molecule has 5 rings (SSSR count). The van der Waals surface area contributed by atoms with Crippen molar-refractivity contribution in [1.29, 1.82) is 0 Å². The van der Waals surface area contributed by atoms with Gasteiger partial charge in [-0.25, -0.2) is 9.78 Å². The van der Waals surface area contributed by atoms with Crippen LogP contribution in [0.2, 0.25) is 0 Å². The molecule has 0 saturated heterocycles. The third-order valence-electron chi connectivity index (χ3n) is 5.42. The standard InChI is InChI=1S/C23H21N5O2/c1-13-3-2-4-20(28-13)22-21(26-12-27-22)14-5-6-19-18(9-14)17(7-8-25-19)23(29)30-16-10-15(24)11-16/h2-9,12,15-16H,10-11,24H2,1H3,(H,26,27)/t15-,16+. The molecule has 3 heterocycles. The minimum atomic E-state index is -0.348. The summed E-state index contributed by atoms with van der Waals surface area (Å²) in [6, 6.07) is 13.5. The molecule has 0 bridgehead atoms. The summed E-state index contributed by atoms with van der Waals surface area (Å²) in [5, 5.41) is 0.731. The number of nitrogens with two attached hydrogens (primary N) is 1. The maximum atomic E-state index is 12.8. The van der Waals surface area contributed by atoms with Gasteiger partial charge in [-0.05, 0) is 50.1 Å². The van der Waals surface area contributed by atoms with Crippen molar-refractivity contribution >= 4 is 16.9 Å². The second-order valence-electron chi connectivity index (χ2n) is 7.64. The first-order valence-corrected chi connectivity index (χ1v) is 9.91. The molecule has 7 heteroatoms. The van der Waals surface area contributed by atoms with Gasteiger partial charge >= 0.3 is 5.97 Å². The number of hydrogen-bond acceptors (Lipinski definition) is 6. The monoisotopic (exact) mass is 399 g/mol. The summed E-state index contributed by atoms with van der Waals surface area (Å²) < 4.78 is 5.61. The van der Waals surface area contributed by atoms with Crippen molar-refractivity contribution in [1.82, 2.24) is 19.9 Å². The molecule has 7 nitrogen and oxygen atoms in total. The summed E-state index contributed by atoms with van der Waals surface area (Å²) in [7, 11) is 0. The van der Waals surface area contributed by atoms with Crippen molar-refractivity contribution in [3.05, 3.63) is 66.2 Å². The van der Waals surface area contributed by atoms with Gasteiger partial charge in [0.25, 0.3) is 0 Å². The van der Waals surface area contributed by atoms with Crippen LogP contribution in [0.3, 0.4) is 0 Å². The van der Waals surface area contributed by atoms with Crippen LogP contribution in [0.25, 0.3) is 33.5 Å². The van der Waals surface area contributed by atoms with Gasteiger partial charge in [0.2, 0.25) is 0 Å². The van der Waals surface area contributed by atoms with Gasteiger partial charge in [0.05, 0.1) is 34.5 Å². The Balaban J connectivity index is 1.54. The quantitative estimate of drug-likeness (QED) is 0.508. The summed E-state index contributed by atoms with van der Waals surface area (Å²) in [6.07, 6.45) is 4.59. The number of H-pyrrole nitrogens is 1. The summed E-state index contributed by atoms with van der Waals surface area (Å²) in [5.74, 6) is -0.348. The molecule has 0 aliphatic heterocycles. The number of pyridine rings is 2. The Labute approximate surface area is 173 Å². The molecule has 0 unspecified atom stereocenters. The topological polar surface area (TPSA) is 107 Å². The van der Waals surface area contributed by atoms with Crippen LogP contribution < -0.4 is 5.73 Å². The number of hydrogen-bond donors (Lipinski definition) is 2. The van der Waals surface area contributed by atoms with Gasteiger partial charge in [-0.15, -0.1) is 0 Å². The molecular formula is C23H21N5O2. The first-order valence-electron chi connectivity index (χ1n) is 9.91. The number of esters is 1. The fourth-order valence-electron chi connectivity index (χ4n) is 3.78. The number of nitrogens with zero attached hydrogens (tertiary/aromatic N) is 3. The van der Waals surface area contributed by atoms with E-state index in [1.165, 1.54) is 0 Å². The van der Waals surface area contributed by atoms with Gasteiger partial charge in [0.15, 0.2) is 0 Å². The molecule has 30 heavy (non-hydrogen) atoms. The molecule has 1 fully saturated rings. The van der Waals surface area contributed by atoms with Gasteiger partial charge in [-0.2, -0.15) is 0 Å². The van der Waals surface area contributed by atoms with Gasteiger partial charge in [0.1, 0.15) is 6.10 Å². The minimum absolute atomic E-state index is 0.107. The average molecular weight is 399 g/mol. The van der Waals surface area contributed by atoms with E-state index in [-0.39, 0.29) is 18.1 Å². The van der Waals surface area contributed by atoms with E-state index < -0.39 is 0 Å². The highest BCUT2D eigenvalue weighted by molar-refractivity contribution is 6.04. The van der Waals surface area contributed by atoms with E-state index in [1.807, 2.05) is 43.3 Å². The first kappa shape index (κ1) is 18.4.